The Kier molecular flexibility index (Phi) is 7.97. The molecule has 1 aliphatic heterocycles. The van der Waals surface area contributed by atoms with Crippen molar-refractivity contribution in [1.82, 2.24) is 4.90 Å². The fraction of sp³-hybridized carbons (Fsp3) is 0.649. The second-order valence-corrected chi connectivity index (χ2v) is 17.0. The molecule has 5 aliphatic carbocycles. The number of para-hydroxylation sites is 1. The molecule has 272 valence electrons. The van der Waals surface area contributed by atoms with Crippen LogP contribution in [0.1, 0.15) is 49.4 Å². The minimum atomic E-state index is -4.05. The van der Waals surface area contributed by atoms with Gasteiger partial charge >= 0.3 is 5.97 Å². The Morgan fingerprint density at radius 2 is 1.72 bits per heavy atom. The van der Waals surface area contributed by atoms with Crippen LogP contribution in [-0.4, -0.2) is 112 Å². The number of anilines is 1. The average molecular weight is 713 g/mol. The number of carbonyl (C=O) groups is 1. The number of carbonyl (C=O) groups excluding carboxylic acids is 1. The molecule has 5 saturated carbocycles. The van der Waals surface area contributed by atoms with Crippen molar-refractivity contribution in [3.8, 4) is 5.75 Å². The molecule has 12 nitrogen and oxygen atoms in total. The van der Waals surface area contributed by atoms with Crippen molar-refractivity contribution in [2.75, 3.05) is 46.3 Å². The molecular weight excluding hydrogens is 664 g/mol. The van der Waals surface area contributed by atoms with E-state index in [-0.39, 0.29) is 52.1 Å². The van der Waals surface area contributed by atoms with E-state index in [9.17, 15) is 23.4 Å². The number of nitrogens with zero attached hydrogens (tertiary/aromatic N) is 1. The Bertz CT molecular complexity index is 1780. The van der Waals surface area contributed by atoms with E-state index in [1.54, 1.807) is 57.7 Å². The summed E-state index contributed by atoms with van der Waals surface area (Å²) in [4.78, 5) is 16.8. The highest BCUT2D eigenvalue weighted by Gasteiger charge is 2.89. The standard InChI is InChI=1S/C37H48N2O10S/c1-6-39-20-34(49-33(40)23-9-7-8-10-26(23)38-50(43,44)22-13-11-21(45-2)12-14-22)16-15-30(47-4)36-28(34)18-25(31(36)39)35(41)19-27(46-3)24-17-29(36)37(35,42)32(24)48-5/h7-14,24-25,27-32,38,41-42H,6,15-20H2,1-5H3/t24-,25+,27+,28-,29+,30+,31?,32+,34-,35+,36+,37+/m1/s1. The molecular formula is C37H48N2O10S. The summed E-state index contributed by atoms with van der Waals surface area (Å²) in [6.45, 7) is 3.19. The monoisotopic (exact) mass is 712 g/mol. The van der Waals surface area contributed by atoms with Crippen molar-refractivity contribution in [1.29, 1.82) is 0 Å². The van der Waals surface area contributed by atoms with Gasteiger partial charge in [-0.15, -0.1) is 0 Å². The Labute approximate surface area is 293 Å². The third-order valence-electron chi connectivity index (χ3n) is 13.9. The van der Waals surface area contributed by atoms with Crippen molar-refractivity contribution in [3.63, 3.8) is 0 Å². The first-order chi connectivity index (χ1) is 23.9. The third-order valence-corrected chi connectivity index (χ3v) is 15.3. The van der Waals surface area contributed by atoms with E-state index in [4.69, 9.17) is 23.7 Å². The summed E-state index contributed by atoms with van der Waals surface area (Å²) >= 11 is 0. The van der Waals surface area contributed by atoms with Crippen LogP contribution in [0.4, 0.5) is 5.69 Å². The molecule has 7 bridgehead atoms. The molecule has 8 rings (SSSR count). The highest BCUT2D eigenvalue weighted by Crippen LogP contribution is 2.79. The van der Waals surface area contributed by atoms with Gasteiger partial charge in [0, 0.05) is 69.4 Å². The van der Waals surface area contributed by atoms with Gasteiger partial charge in [0.25, 0.3) is 10.0 Å². The Hall–Kier alpha value is -2.78. The molecule has 2 aromatic rings. The maximum Gasteiger partial charge on any atom is 0.340 e. The van der Waals surface area contributed by atoms with Gasteiger partial charge in [-0.3, -0.25) is 9.62 Å². The molecule has 0 radical (unpaired) electrons. The molecule has 0 amide bonds. The van der Waals surface area contributed by atoms with Crippen molar-refractivity contribution in [3.05, 3.63) is 54.1 Å². The lowest BCUT2D eigenvalue weighted by atomic mass is 9.44. The molecule has 13 heteroatoms. The number of piperidine rings is 1. The summed E-state index contributed by atoms with van der Waals surface area (Å²) in [5.74, 6) is -1.19. The van der Waals surface area contributed by atoms with Gasteiger partial charge in [-0.1, -0.05) is 19.1 Å². The van der Waals surface area contributed by atoms with Crippen LogP contribution >= 0.6 is 0 Å². The Morgan fingerprint density at radius 1 is 0.980 bits per heavy atom. The second kappa shape index (κ2) is 11.6. The topological polar surface area (TPSA) is 153 Å². The minimum Gasteiger partial charge on any atom is -0.497 e. The lowest BCUT2D eigenvalue weighted by Crippen LogP contribution is -2.83. The molecule has 1 heterocycles. The largest absolute Gasteiger partial charge is 0.497 e. The van der Waals surface area contributed by atoms with Crippen LogP contribution in [0.3, 0.4) is 0 Å². The molecule has 0 aromatic heterocycles. The molecule has 50 heavy (non-hydrogen) atoms. The van der Waals surface area contributed by atoms with Gasteiger partial charge in [-0.05, 0) is 68.6 Å². The van der Waals surface area contributed by atoms with Crippen molar-refractivity contribution in [2.45, 2.75) is 85.1 Å². The molecule has 6 aliphatic rings. The van der Waals surface area contributed by atoms with Crippen molar-refractivity contribution < 1.29 is 47.1 Å². The number of sulfonamides is 1. The summed E-state index contributed by atoms with van der Waals surface area (Å²) in [7, 11) is 2.44. The number of aliphatic hydroxyl groups is 2. The number of hydrogen-bond donors (Lipinski definition) is 3. The summed E-state index contributed by atoms with van der Waals surface area (Å²) in [6, 6.07) is 12.4. The number of rotatable bonds is 10. The number of likely N-dealkylation sites (tertiary alicyclic amines) is 1. The number of methoxy groups -OCH3 is 4. The molecule has 6 fully saturated rings. The second-order valence-electron chi connectivity index (χ2n) is 15.3. The summed E-state index contributed by atoms with van der Waals surface area (Å²) in [5, 5.41) is 25.9. The molecule has 1 spiro atoms. The van der Waals surface area contributed by atoms with Crippen LogP contribution in [0, 0.1) is 29.1 Å². The smallest absolute Gasteiger partial charge is 0.340 e. The van der Waals surface area contributed by atoms with Gasteiger partial charge in [-0.25, -0.2) is 13.2 Å². The van der Waals surface area contributed by atoms with Crippen molar-refractivity contribution >= 4 is 21.7 Å². The molecule has 1 saturated heterocycles. The molecule has 1 unspecified atom stereocenters. The minimum absolute atomic E-state index is 0.0244. The van der Waals surface area contributed by atoms with Crippen molar-refractivity contribution in [2.24, 2.45) is 29.1 Å². The van der Waals surface area contributed by atoms with Gasteiger partial charge in [0.15, 0.2) is 0 Å². The quantitative estimate of drug-likeness (QED) is 0.312. The van der Waals surface area contributed by atoms with E-state index < -0.39 is 50.2 Å². The maximum atomic E-state index is 14.4. The predicted octanol–water partition coefficient (Wildman–Crippen LogP) is 3.07. The van der Waals surface area contributed by atoms with Crippen LogP contribution in [0.15, 0.2) is 53.4 Å². The lowest BCUT2D eigenvalue weighted by Gasteiger charge is -2.70. The van der Waals surface area contributed by atoms with Gasteiger partial charge in [-0.2, -0.15) is 0 Å². The van der Waals surface area contributed by atoms with Gasteiger partial charge in [0.1, 0.15) is 22.6 Å². The third kappa shape index (κ3) is 4.19. The van der Waals surface area contributed by atoms with Gasteiger partial charge < -0.3 is 33.9 Å². The lowest BCUT2D eigenvalue weighted by molar-refractivity contribution is -0.337. The highest BCUT2D eigenvalue weighted by molar-refractivity contribution is 7.92. The summed E-state index contributed by atoms with van der Waals surface area (Å²) in [5.41, 5.74) is -4.42. The normalized spacial score (nSPS) is 42.6. The van der Waals surface area contributed by atoms with Crippen LogP contribution in [-0.2, 0) is 29.0 Å². The first-order valence-electron chi connectivity index (χ1n) is 17.7. The fourth-order valence-corrected chi connectivity index (χ4v) is 13.4. The zero-order valence-electron chi connectivity index (χ0n) is 29.2. The molecule has 2 aromatic carbocycles. The number of nitrogens with one attached hydrogen (secondary N) is 1. The van der Waals surface area contributed by atoms with Gasteiger partial charge in [0.05, 0.1) is 41.6 Å². The van der Waals surface area contributed by atoms with Crippen LogP contribution in [0.2, 0.25) is 0 Å². The first-order valence-corrected chi connectivity index (χ1v) is 19.1. The van der Waals surface area contributed by atoms with E-state index in [0.29, 0.717) is 50.9 Å². The molecule has 12 atom stereocenters. The van der Waals surface area contributed by atoms with E-state index >= 15 is 0 Å². The SMILES string of the molecule is CCN1C[C@]2(OC(=O)c3ccccc3NS(=O)(=O)c3ccc(OC)cc3)CC[C@H](OC)[C@]34C1[C@H](C[C@H]23)[C@@]1(O)C[C@H](OC)[C@H]2C[C@@H]4[C@]1(O)[C@H]2OC. The summed E-state index contributed by atoms with van der Waals surface area (Å²) in [6.07, 6.45) is 1.42. The maximum absolute atomic E-state index is 14.4. The zero-order valence-corrected chi connectivity index (χ0v) is 30.0. The van der Waals surface area contributed by atoms with E-state index in [1.807, 2.05) is 0 Å². The number of esters is 1. The highest BCUT2D eigenvalue weighted by atomic mass is 32.2. The zero-order chi connectivity index (χ0) is 35.4. The van der Waals surface area contributed by atoms with E-state index in [0.717, 1.165) is 0 Å². The number of ether oxygens (including phenoxy) is 5. The first kappa shape index (κ1) is 34.3. The van der Waals surface area contributed by atoms with E-state index in [2.05, 4.69) is 16.5 Å². The number of hydrogen-bond acceptors (Lipinski definition) is 11. The Morgan fingerprint density at radius 3 is 2.38 bits per heavy atom. The fourth-order valence-electron chi connectivity index (χ4n) is 12.4. The summed E-state index contributed by atoms with van der Waals surface area (Å²) < 4.78 is 59.9. The van der Waals surface area contributed by atoms with Crippen LogP contribution in [0.5, 0.6) is 5.75 Å². The average Bonchev–Trinajstić information content (AvgIpc) is 3.54. The number of fused-ring (bicyclic) bond motifs is 2. The number of benzene rings is 2. The molecule has 3 N–H and O–H groups in total. The Balaban J connectivity index is 1.19. The van der Waals surface area contributed by atoms with Crippen LogP contribution < -0.4 is 9.46 Å². The van der Waals surface area contributed by atoms with Crippen LogP contribution in [0.25, 0.3) is 0 Å². The van der Waals surface area contributed by atoms with E-state index in [1.165, 1.54) is 19.2 Å². The number of likely N-dealkylation sites (N-methyl/N-ethyl adjacent to an activating group) is 1. The van der Waals surface area contributed by atoms with Gasteiger partial charge in [0.2, 0.25) is 0 Å². The predicted molar refractivity (Wildman–Crippen MR) is 181 cm³/mol.